The van der Waals surface area contributed by atoms with Crippen LogP contribution in [0.4, 0.5) is 0 Å². The van der Waals surface area contributed by atoms with E-state index in [1.807, 2.05) is 6.20 Å². The van der Waals surface area contributed by atoms with Crippen LogP contribution in [0.5, 0.6) is 0 Å². The first-order valence-corrected chi connectivity index (χ1v) is 6.17. The Morgan fingerprint density at radius 2 is 1.67 bits per heavy atom. The Balaban J connectivity index is 2.28. The molecule has 0 spiro atoms. The quantitative estimate of drug-likeness (QED) is 0.602. The van der Waals surface area contributed by atoms with Crippen molar-refractivity contribution in [3.05, 3.63) is 65.9 Å². The predicted molar refractivity (Wildman–Crippen MR) is 76.7 cm³/mol. The third-order valence-corrected chi connectivity index (χ3v) is 3.45. The van der Waals surface area contributed by atoms with Crippen molar-refractivity contribution in [2.24, 2.45) is 0 Å². The van der Waals surface area contributed by atoms with Crippen molar-refractivity contribution in [2.75, 3.05) is 0 Å². The van der Waals surface area contributed by atoms with E-state index in [4.69, 9.17) is 0 Å². The van der Waals surface area contributed by atoms with Crippen LogP contribution >= 0.6 is 0 Å². The van der Waals surface area contributed by atoms with Crippen LogP contribution in [0.3, 0.4) is 0 Å². The molecule has 88 valence electrons. The zero-order valence-electron chi connectivity index (χ0n) is 10.6. The van der Waals surface area contributed by atoms with E-state index >= 15 is 0 Å². The van der Waals surface area contributed by atoms with E-state index in [9.17, 15) is 0 Å². The molecule has 1 aromatic heterocycles. The minimum absolute atomic E-state index is 1.07. The van der Waals surface area contributed by atoms with Gasteiger partial charge in [0.1, 0.15) is 0 Å². The van der Waals surface area contributed by atoms with E-state index in [2.05, 4.69) is 67.4 Å². The highest BCUT2D eigenvalue weighted by Gasteiger charge is 2.05. The molecule has 0 aliphatic rings. The molecule has 1 heterocycles. The highest BCUT2D eigenvalue weighted by Crippen LogP contribution is 2.27. The van der Waals surface area contributed by atoms with Gasteiger partial charge in [0.2, 0.25) is 0 Å². The Morgan fingerprint density at radius 1 is 0.833 bits per heavy atom. The smallest absolute Gasteiger partial charge is 0.0780 e. The summed E-state index contributed by atoms with van der Waals surface area (Å²) in [6.45, 7) is 4.28. The molecule has 0 atom stereocenters. The second kappa shape index (κ2) is 4.26. The Kier molecular flexibility index (Phi) is 2.60. The van der Waals surface area contributed by atoms with Gasteiger partial charge in [-0.05, 0) is 42.5 Å². The molecule has 18 heavy (non-hydrogen) atoms. The third-order valence-electron chi connectivity index (χ3n) is 3.45. The van der Waals surface area contributed by atoms with Crippen molar-refractivity contribution in [3.63, 3.8) is 0 Å². The molecule has 0 unspecified atom stereocenters. The van der Waals surface area contributed by atoms with Crippen LogP contribution in [-0.2, 0) is 0 Å². The first kappa shape index (κ1) is 11.0. The Labute approximate surface area is 107 Å². The lowest BCUT2D eigenvalue weighted by Gasteiger charge is -2.08. The van der Waals surface area contributed by atoms with E-state index in [1.165, 1.54) is 27.5 Å². The molecule has 2 aromatic carbocycles. The van der Waals surface area contributed by atoms with E-state index in [0.29, 0.717) is 0 Å². The number of benzene rings is 2. The molecule has 0 radical (unpaired) electrons. The Bertz CT molecular complexity index is 708. The molecule has 3 rings (SSSR count). The summed E-state index contributed by atoms with van der Waals surface area (Å²) in [7, 11) is 0. The lowest BCUT2D eigenvalue weighted by molar-refractivity contribution is 1.31. The van der Waals surface area contributed by atoms with Crippen molar-refractivity contribution in [1.29, 1.82) is 0 Å². The van der Waals surface area contributed by atoms with Gasteiger partial charge in [-0.3, -0.25) is 4.98 Å². The number of aromatic nitrogens is 1. The zero-order chi connectivity index (χ0) is 12.5. The molecule has 1 heteroatoms. The summed E-state index contributed by atoms with van der Waals surface area (Å²) in [6, 6.07) is 17.0. The minimum Gasteiger partial charge on any atom is -0.256 e. The molecule has 0 saturated carbocycles. The standard InChI is InChI=1S/C17H15N/c1-12-7-8-15(11-13(12)2)17-16-6-4-3-5-14(16)9-10-18-17/h3-11H,1-2H3. The fourth-order valence-corrected chi connectivity index (χ4v) is 2.24. The predicted octanol–water partition coefficient (Wildman–Crippen LogP) is 4.52. The molecular formula is C17H15N. The zero-order valence-corrected chi connectivity index (χ0v) is 10.6. The molecule has 3 aromatic rings. The maximum Gasteiger partial charge on any atom is 0.0780 e. The summed E-state index contributed by atoms with van der Waals surface area (Å²) in [6.07, 6.45) is 1.88. The monoisotopic (exact) mass is 233 g/mol. The summed E-state index contributed by atoms with van der Waals surface area (Å²) in [5, 5.41) is 2.45. The maximum absolute atomic E-state index is 4.55. The van der Waals surface area contributed by atoms with Gasteiger partial charge in [0.15, 0.2) is 0 Å². The Hall–Kier alpha value is -2.15. The number of nitrogens with zero attached hydrogens (tertiary/aromatic N) is 1. The summed E-state index contributed by atoms with van der Waals surface area (Å²) in [5.41, 5.74) is 4.88. The molecule has 0 aliphatic carbocycles. The van der Waals surface area contributed by atoms with Crippen molar-refractivity contribution in [2.45, 2.75) is 13.8 Å². The van der Waals surface area contributed by atoms with E-state index in [0.717, 1.165) is 5.69 Å². The summed E-state index contributed by atoms with van der Waals surface area (Å²) >= 11 is 0. The normalized spacial score (nSPS) is 10.8. The van der Waals surface area contributed by atoms with Crippen molar-refractivity contribution < 1.29 is 0 Å². The minimum atomic E-state index is 1.07. The van der Waals surface area contributed by atoms with Crippen LogP contribution in [0.2, 0.25) is 0 Å². The number of fused-ring (bicyclic) bond motifs is 1. The van der Waals surface area contributed by atoms with Crippen LogP contribution in [0, 0.1) is 13.8 Å². The van der Waals surface area contributed by atoms with Gasteiger partial charge in [0, 0.05) is 17.1 Å². The van der Waals surface area contributed by atoms with Crippen LogP contribution in [0.1, 0.15) is 11.1 Å². The van der Waals surface area contributed by atoms with Gasteiger partial charge in [-0.25, -0.2) is 0 Å². The number of rotatable bonds is 1. The number of pyridine rings is 1. The molecule has 0 amide bonds. The highest BCUT2D eigenvalue weighted by molar-refractivity contribution is 5.94. The van der Waals surface area contributed by atoms with Gasteiger partial charge in [-0.15, -0.1) is 0 Å². The van der Waals surface area contributed by atoms with Gasteiger partial charge in [0.05, 0.1) is 5.69 Å². The van der Waals surface area contributed by atoms with Crippen LogP contribution in [0.25, 0.3) is 22.0 Å². The molecule has 1 nitrogen and oxygen atoms in total. The largest absolute Gasteiger partial charge is 0.256 e. The summed E-state index contributed by atoms with van der Waals surface area (Å²) in [5.74, 6) is 0. The molecule has 0 saturated heterocycles. The topological polar surface area (TPSA) is 12.9 Å². The van der Waals surface area contributed by atoms with Crippen molar-refractivity contribution in [3.8, 4) is 11.3 Å². The van der Waals surface area contributed by atoms with Crippen molar-refractivity contribution >= 4 is 10.8 Å². The molecule has 0 fully saturated rings. The molecule has 0 N–H and O–H groups in total. The summed E-state index contributed by atoms with van der Waals surface area (Å²) < 4.78 is 0. The second-order valence-corrected chi connectivity index (χ2v) is 4.68. The van der Waals surface area contributed by atoms with Gasteiger partial charge >= 0.3 is 0 Å². The van der Waals surface area contributed by atoms with Crippen LogP contribution in [-0.4, -0.2) is 4.98 Å². The maximum atomic E-state index is 4.55. The van der Waals surface area contributed by atoms with Gasteiger partial charge in [-0.1, -0.05) is 36.4 Å². The molecule has 0 aliphatic heterocycles. The molecule has 0 bridgehead atoms. The number of aryl methyl sites for hydroxylation is 2. The highest BCUT2D eigenvalue weighted by atomic mass is 14.7. The lowest BCUT2D eigenvalue weighted by Crippen LogP contribution is -1.88. The van der Waals surface area contributed by atoms with Gasteiger partial charge in [0.25, 0.3) is 0 Å². The fraction of sp³-hybridized carbons (Fsp3) is 0.118. The first-order valence-electron chi connectivity index (χ1n) is 6.17. The Morgan fingerprint density at radius 3 is 2.50 bits per heavy atom. The average molecular weight is 233 g/mol. The number of hydrogen-bond donors (Lipinski definition) is 0. The van der Waals surface area contributed by atoms with E-state index in [1.54, 1.807) is 0 Å². The van der Waals surface area contributed by atoms with Crippen LogP contribution < -0.4 is 0 Å². The van der Waals surface area contributed by atoms with E-state index in [-0.39, 0.29) is 0 Å². The van der Waals surface area contributed by atoms with Crippen LogP contribution in [0.15, 0.2) is 54.7 Å². The first-order chi connectivity index (χ1) is 8.75. The van der Waals surface area contributed by atoms with Crippen molar-refractivity contribution in [1.82, 2.24) is 4.98 Å². The third kappa shape index (κ3) is 1.78. The fourth-order valence-electron chi connectivity index (χ4n) is 2.24. The number of hydrogen-bond acceptors (Lipinski definition) is 1. The average Bonchev–Trinajstić information content (AvgIpc) is 2.41. The lowest BCUT2D eigenvalue weighted by atomic mass is 10.0. The van der Waals surface area contributed by atoms with Gasteiger partial charge in [-0.2, -0.15) is 0 Å². The van der Waals surface area contributed by atoms with Gasteiger partial charge < -0.3 is 0 Å². The summed E-state index contributed by atoms with van der Waals surface area (Å²) in [4.78, 5) is 4.55. The SMILES string of the molecule is Cc1ccc(-c2nccc3ccccc23)cc1C. The molecular weight excluding hydrogens is 218 g/mol. The van der Waals surface area contributed by atoms with E-state index < -0.39 is 0 Å². The second-order valence-electron chi connectivity index (χ2n) is 4.68.